The van der Waals surface area contributed by atoms with Gasteiger partial charge in [0.1, 0.15) is 11.3 Å². The van der Waals surface area contributed by atoms with Crippen LogP contribution in [0.2, 0.25) is 5.02 Å². The number of oxazole rings is 1. The fourth-order valence-electron chi connectivity index (χ4n) is 3.10. The van der Waals surface area contributed by atoms with Crippen molar-refractivity contribution in [3.63, 3.8) is 0 Å². The van der Waals surface area contributed by atoms with Crippen LogP contribution >= 0.6 is 11.6 Å². The molecule has 1 heterocycles. The number of aliphatic imine (C=N–C) groups is 1. The summed E-state index contributed by atoms with van der Waals surface area (Å²) < 4.78 is 5.86. The minimum atomic E-state index is 0.168. The van der Waals surface area contributed by atoms with Crippen LogP contribution in [0.4, 0.5) is 5.69 Å². The molecule has 0 aliphatic rings. The predicted molar refractivity (Wildman–Crippen MR) is 114 cm³/mol. The molecule has 0 spiro atoms. The molecule has 0 aliphatic heterocycles. The lowest BCUT2D eigenvalue weighted by atomic mass is 10.0. The maximum absolute atomic E-state index is 10.2. The molecule has 1 N–H and O–H groups in total. The van der Waals surface area contributed by atoms with Crippen molar-refractivity contribution >= 4 is 34.6 Å². The number of rotatable bonds is 3. The standard InChI is InChI=1S/C23H19ClN2O2/c1-13-4-9-19-21(10-13)28-23(26-19)16-5-7-17(8-6-16)25-12-18-15(3)22(24)14(2)11-20(18)27/h4-12,27H,1-3H3. The third kappa shape index (κ3) is 3.39. The third-order valence-corrected chi connectivity index (χ3v) is 5.29. The van der Waals surface area contributed by atoms with Crippen LogP contribution in [0.1, 0.15) is 22.3 Å². The van der Waals surface area contributed by atoms with Gasteiger partial charge in [-0.2, -0.15) is 0 Å². The van der Waals surface area contributed by atoms with Crippen molar-refractivity contribution in [2.45, 2.75) is 20.8 Å². The van der Waals surface area contributed by atoms with Gasteiger partial charge < -0.3 is 9.52 Å². The average molecular weight is 391 g/mol. The van der Waals surface area contributed by atoms with Gasteiger partial charge in [-0.15, -0.1) is 0 Å². The number of halogens is 1. The molecule has 0 radical (unpaired) electrons. The Hall–Kier alpha value is -3.11. The molecule has 140 valence electrons. The lowest BCUT2D eigenvalue weighted by Crippen LogP contribution is -1.92. The predicted octanol–water partition coefficient (Wildman–Crippen LogP) is 6.53. The van der Waals surface area contributed by atoms with Crippen LogP contribution < -0.4 is 0 Å². The van der Waals surface area contributed by atoms with E-state index in [1.165, 1.54) is 0 Å². The van der Waals surface area contributed by atoms with E-state index >= 15 is 0 Å². The molecule has 28 heavy (non-hydrogen) atoms. The highest BCUT2D eigenvalue weighted by Crippen LogP contribution is 2.30. The average Bonchev–Trinajstić information content (AvgIpc) is 3.09. The summed E-state index contributed by atoms with van der Waals surface area (Å²) >= 11 is 6.28. The van der Waals surface area contributed by atoms with Crippen molar-refractivity contribution in [1.82, 2.24) is 4.98 Å². The molecule has 0 aliphatic carbocycles. The molecule has 0 fully saturated rings. The van der Waals surface area contributed by atoms with Crippen LogP contribution in [0.3, 0.4) is 0 Å². The van der Waals surface area contributed by atoms with E-state index in [9.17, 15) is 5.11 Å². The quantitative estimate of drug-likeness (QED) is 0.404. The van der Waals surface area contributed by atoms with Gasteiger partial charge in [0, 0.05) is 22.4 Å². The SMILES string of the molecule is Cc1ccc2nc(-c3ccc(N=Cc4c(O)cc(C)c(Cl)c4C)cc3)oc2c1. The number of hydrogen-bond donors (Lipinski definition) is 1. The molecule has 1 aromatic heterocycles. The van der Waals surface area contributed by atoms with E-state index in [0.29, 0.717) is 16.5 Å². The lowest BCUT2D eigenvalue weighted by Gasteiger charge is -2.08. The second kappa shape index (κ2) is 7.13. The van der Waals surface area contributed by atoms with E-state index in [1.54, 1.807) is 12.3 Å². The Balaban J connectivity index is 1.61. The zero-order chi connectivity index (χ0) is 19.8. The smallest absolute Gasteiger partial charge is 0.227 e. The molecular weight excluding hydrogens is 372 g/mol. The second-order valence-electron chi connectivity index (χ2n) is 6.86. The number of aromatic nitrogens is 1. The summed E-state index contributed by atoms with van der Waals surface area (Å²) in [6, 6.07) is 15.2. The fourth-order valence-corrected chi connectivity index (χ4v) is 3.26. The number of fused-ring (bicyclic) bond motifs is 1. The highest BCUT2D eigenvalue weighted by Gasteiger charge is 2.10. The molecule has 0 amide bonds. The fraction of sp³-hybridized carbons (Fsp3) is 0.130. The minimum Gasteiger partial charge on any atom is -0.507 e. The zero-order valence-electron chi connectivity index (χ0n) is 15.8. The Kier molecular flexibility index (Phi) is 4.65. The number of benzene rings is 3. The normalized spacial score (nSPS) is 11.6. The Morgan fingerprint density at radius 3 is 2.54 bits per heavy atom. The monoisotopic (exact) mass is 390 g/mol. The first-order valence-electron chi connectivity index (χ1n) is 8.93. The molecule has 0 saturated carbocycles. The maximum atomic E-state index is 10.2. The molecule has 5 heteroatoms. The van der Waals surface area contributed by atoms with Gasteiger partial charge in [0.15, 0.2) is 5.58 Å². The largest absolute Gasteiger partial charge is 0.507 e. The van der Waals surface area contributed by atoms with Crippen LogP contribution in [0.5, 0.6) is 5.75 Å². The maximum Gasteiger partial charge on any atom is 0.227 e. The van der Waals surface area contributed by atoms with Crippen molar-refractivity contribution in [1.29, 1.82) is 0 Å². The molecule has 0 unspecified atom stereocenters. The van der Waals surface area contributed by atoms with Crippen molar-refractivity contribution in [3.05, 3.63) is 75.8 Å². The van der Waals surface area contributed by atoms with Crippen molar-refractivity contribution in [3.8, 4) is 17.2 Å². The highest BCUT2D eigenvalue weighted by atomic mass is 35.5. The summed E-state index contributed by atoms with van der Waals surface area (Å²) in [7, 11) is 0. The summed E-state index contributed by atoms with van der Waals surface area (Å²) in [4.78, 5) is 9.00. The minimum absolute atomic E-state index is 0.168. The number of aryl methyl sites for hydroxylation is 2. The van der Waals surface area contributed by atoms with E-state index < -0.39 is 0 Å². The number of hydrogen-bond acceptors (Lipinski definition) is 4. The first kappa shape index (κ1) is 18.3. The van der Waals surface area contributed by atoms with Crippen molar-refractivity contribution < 1.29 is 9.52 Å². The van der Waals surface area contributed by atoms with Crippen LogP contribution in [-0.2, 0) is 0 Å². The van der Waals surface area contributed by atoms with Gasteiger partial charge in [0.2, 0.25) is 5.89 Å². The molecule has 3 aromatic carbocycles. The van der Waals surface area contributed by atoms with Crippen molar-refractivity contribution in [2.24, 2.45) is 4.99 Å². The Morgan fingerprint density at radius 2 is 1.79 bits per heavy atom. The third-order valence-electron chi connectivity index (χ3n) is 4.71. The van der Waals surface area contributed by atoms with Gasteiger partial charge in [0.25, 0.3) is 0 Å². The number of phenols is 1. The molecule has 0 bridgehead atoms. The molecule has 4 aromatic rings. The van der Waals surface area contributed by atoms with Crippen LogP contribution in [-0.4, -0.2) is 16.3 Å². The van der Waals surface area contributed by atoms with E-state index in [2.05, 4.69) is 9.98 Å². The first-order chi connectivity index (χ1) is 13.4. The first-order valence-corrected chi connectivity index (χ1v) is 9.30. The van der Waals surface area contributed by atoms with Crippen LogP contribution in [0.25, 0.3) is 22.6 Å². The molecule has 0 atom stereocenters. The summed E-state index contributed by atoms with van der Waals surface area (Å²) in [6.07, 6.45) is 1.63. The van der Waals surface area contributed by atoms with Gasteiger partial charge in [0.05, 0.1) is 5.69 Å². The molecule has 4 rings (SSSR count). The van der Waals surface area contributed by atoms with Gasteiger partial charge in [-0.3, -0.25) is 4.99 Å². The number of aromatic hydroxyl groups is 1. The molecule has 4 nitrogen and oxygen atoms in total. The molecule has 0 saturated heterocycles. The van der Waals surface area contributed by atoms with E-state index in [4.69, 9.17) is 16.0 Å². The van der Waals surface area contributed by atoms with Crippen LogP contribution in [0, 0.1) is 20.8 Å². The van der Waals surface area contributed by atoms with E-state index in [1.807, 2.05) is 63.2 Å². The Bertz CT molecular complexity index is 1210. The molecular formula is C23H19ClN2O2. The second-order valence-corrected chi connectivity index (χ2v) is 7.24. The lowest BCUT2D eigenvalue weighted by molar-refractivity contribution is 0.473. The van der Waals surface area contributed by atoms with Gasteiger partial charge in [-0.05, 0) is 79.9 Å². The number of phenolic OH excluding ortho intramolecular Hbond substituents is 1. The van der Waals surface area contributed by atoms with Gasteiger partial charge in [-0.1, -0.05) is 17.7 Å². The Labute approximate surface area is 168 Å². The van der Waals surface area contributed by atoms with E-state index in [-0.39, 0.29) is 5.75 Å². The topological polar surface area (TPSA) is 58.6 Å². The summed E-state index contributed by atoms with van der Waals surface area (Å²) in [5.74, 6) is 0.747. The van der Waals surface area contributed by atoms with Gasteiger partial charge in [-0.25, -0.2) is 4.98 Å². The van der Waals surface area contributed by atoms with Crippen LogP contribution in [0.15, 0.2) is 57.9 Å². The zero-order valence-corrected chi connectivity index (χ0v) is 16.6. The van der Waals surface area contributed by atoms with Crippen molar-refractivity contribution in [2.75, 3.05) is 0 Å². The summed E-state index contributed by atoms with van der Waals surface area (Å²) in [5, 5.41) is 10.8. The van der Waals surface area contributed by atoms with Gasteiger partial charge >= 0.3 is 0 Å². The summed E-state index contributed by atoms with van der Waals surface area (Å²) in [5.41, 5.74) is 6.65. The van der Waals surface area contributed by atoms with E-state index in [0.717, 1.165) is 39.0 Å². The highest BCUT2D eigenvalue weighted by molar-refractivity contribution is 6.32. The summed E-state index contributed by atoms with van der Waals surface area (Å²) in [6.45, 7) is 5.76. The number of nitrogens with zero attached hydrogens (tertiary/aromatic N) is 2. The Morgan fingerprint density at radius 1 is 1.04 bits per heavy atom.